The van der Waals surface area contributed by atoms with E-state index in [0.29, 0.717) is 17.0 Å². The average molecular weight is 268 g/mol. The molecule has 2 rings (SSSR count). The molecule has 0 radical (unpaired) electrons. The van der Waals surface area contributed by atoms with Crippen molar-refractivity contribution in [2.45, 2.75) is 38.6 Å². The zero-order valence-electron chi connectivity index (χ0n) is 10.4. The molecule has 1 aromatic rings. The van der Waals surface area contributed by atoms with E-state index in [2.05, 4.69) is 12.2 Å². The second-order valence-electron chi connectivity index (χ2n) is 5.01. The van der Waals surface area contributed by atoms with Gasteiger partial charge < -0.3 is 10.4 Å². The van der Waals surface area contributed by atoms with Gasteiger partial charge in [0, 0.05) is 6.04 Å². The lowest BCUT2D eigenvalue weighted by molar-refractivity contribution is 0.0697. The van der Waals surface area contributed by atoms with E-state index in [1.54, 1.807) is 12.1 Å². The van der Waals surface area contributed by atoms with Gasteiger partial charge in [-0.2, -0.15) is 0 Å². The van der Waals surface area contributed by atoms with Crippen LogP contribution in [0.3, 0.4) is 0 Å². The van der Waals surface area contributed by atoms with Crippen LogP contribution in [0.5, 0.6) is 0 Å². The number of rotatable bonds is 3. The fourth-order valence-corrected chi connectivity index (χ4v) is 2.73. The molecule has 3 nitrogen and oxygen atoms in total. The summed E-state index contributed by atoms with van der Waals surface area (Å²) in [5, 5.41) is 12.8. The molecule has 1 fully saturated rings. The summed E-state index contributed by atoms with van der Waals surface area (Å²) in [6.45, 7) is 2.25. The minimum Gasteiger partial charge on any atom is -0.478 e. The standard InChI is InChI=1S/C14H18ClNO2/c1-9-4-2-3-5-12(9)16-13-7-6-10(14(17)18)8-11(13)15/h6-9,12,16H,2-5H2,1H3,(H,17,18). The van der Waals surface area contributed by atoms with E-state index in [1.807, 2.05) is 0 Å². The van der Waals surface area contributed by atoms with Crippen LogP contribution in [0, 0.1) is 5.92 Å². The first-order chi connectivity index (χ1) is 8.58. The van der Waals surface area contributed by atoms with Crippen molar-refractivity contribution in [2.75, 3.05) is 5.32 Å². The van der Waals surface area contributed by atoms with Gasteiger partial charge in [0.2, 0.25) is 0 Å². The highest BCUT2D eigenvalue weighted by atomic mass is 35.5. The molecule has 1 saturated carbocycles. The Labute approximate surface area is 112 Å². The minimum atomic E-state index is -0.950. The summed E-state index contributed by atoms with van der Waals surface area (Å²) < 4.78 is 0. The average Bonchev–Trinajstić information content (AvgIpc) is 2.34. The van der Waals surface area contributed by atoms with Gasteiger partial charge in [-0.15, -0.1) is 0 Å². The smallest absolute Gasteiger partial charge is 0.335 e. The molecule has 2 N–H and O–H groups in total. The van der Waals surface area contributed by atoms with E-state index < -0.39 is 5.97 Å². The Morgan fingerprint density at radius 3 is 2.72 bits per heavy atom. The van der Waals surface area contributed by atoms with Crippen LogP contribution >= 0.6 is 11.6 Å². The van der Waals surface area contributed by atoms with Gasteiger partial charge in [0.05, 0.1) is 16.3 Å². The number of hydrogen-bond acceptors (Lipinski definition) is 2. The van der Waals surface area contributed by atoms with E-state index in [0.717, 1.165) is 12.1 Å². The van der Waals surface area contributed by atoms with Gasteiger partial charge in [-0.25, -0.2) is 4.79 Å². The first-order valence-corrected chi connectivity index (χ1v) is 6.75. The summed E-state index contributed by atoms with van der Waals surface area (Å²) in [5.74, 6) is -0.316. The zero-order valence-corrected chi connectivity index (χ0v) is 11.2. The maximum absolute atomic E-state index is 10.8. The van der Waals surface area contributed by atoms with Crippen molar-refractivity contribution in [2.24, 2.45) is 5.92 Å². The van der Waals surface area contributed by atoms with E-state index in [-0.39, 0.29) is 5.56 Å². The van der Waals surface area contributed by atoms with Gasteiger partial charge in [-0.05, 0) is 37.0 Å². The molecule has 0 amide bonds. The Balaban J connectivity index is 2.11. The van der Waals surface area contributed by atoms with Crippen LogP contribution in [0.1, 0.15) is 43.0 Å². The minimum absolute atomic E-state index is 0.224. The van der Waals surface area contributed by atoms with Crippen LogP contribution in [0.2, 0.25) is 5.02 Å². The fraction of sp³-hybridized carbons (Fsp3) is 0.500. The molecule has 2 unspecified atom stereocenters. The van der Waals surface area contributed by atoms with Crippen LogP contribution in [0.15, 0.2) is 18.2 Å². The van der Waals surface area contributed by atoms with Crippen LogP contribution in [0.4, 0.5) is 5.69 Å². The largest absolute Gasteiger partial charge is 0.478 e. The SMILES string of the molecule is CC1CCCCC1Nc1ccc(C(=O)O)cc1Cl. The number of carbonyl (C=O) groups is 1. The second-order valence-corrected chi connectivity index (χ2v) is 5.42. The van der Waals surface area contributed by atoms with Crippen molar-refractivity contribution < 1.29 is 9.90 Å². The predicted octanol–water partition coefficient (Wildman–Crippen LogP) is 4.03. The quantitative estimate of drug-likeness (QED) is 0.869. The third kappa shape index (κ3) is 2.96. The third-order valence-corrected chi connectivity index (χ3v) is 3.98. The van der Waals surface area contributed by atoms with Crippen LogP contribution in [-0.2, 0) is 0 Å². The molecule has 0 heterocycles. The van der Waals surface area contributed by atoms with Crippen LogP contribution in [0.25, 0.3) is 0 Å². The van der Waals surface area contributed by atoms with E-state index in [4.69, 9.17) is 16.7 Å². The predicted molar refractivity (Wildman–Crippen MR) is 73.5 cm³/mol. The second kappa shape index (κ2) is 5.61. The summed E-state index contributed by atoms with van der Waals surface area (Å²) in [6, 6.07) is 5.28. The van der Waals surface area contributed by atoms with Crippen molar-refractivity contribution in [3.8, 4) is 0 Å². The molecular weight excluding hydrogens is 250 g/mol. The number of halogens is 1. The molecule has 0 aromatic heterocycles. The molecule has 0 saturated heterocycles. The molecule has 2 atom stereocenters. The van der Waals surface area contributed by atoms with Gasteiger partial charge >= 0.3 is 5.97 Å². The lowest BCUT2D eigenvalue weighted by atomic mass is 9.86. The topological polar surface area (TPSA) is 49.3 Å². The zero-order chi connectivity index (χ0) is 13.1. The van der Waals surface area contributed by atoms with Gasteiger partial charge in [0.1, 0.15) is 0 Å². The van der Waals surface area contributed by atoms with Crippen molar-refractivity contribution in [3.05, 3.63) is 28.8 Å². The number of aromatic carboxylic acids is 1. The summed E-state index contributed by atoms with van der Waals surface area (Å²) >= 11 is 6.11. The van der Waals surface area contributed by atoms with Crippen molar-refractivity contribution in [1.29, 1.82) is 0 Å². The lowest BCUT2D eigenvalue weighted by Gasteiger charge is -2.30. The number of anilines is 1. The first-order valence-electron chi connectivity index (χ1n) is 6.37. The summed E-state index contributed by atoms with van der Waals surface area (Å²) in [7, 11) is 0. The number of carboxylic acid groups (broad SMARTS) is 1. The number of hydrogen-bond donors (Lipinski definition) is 2. The third-order valence-electron chi connectivity index (χ3n) is 3.67. The lowest BCUT2D eigenvalue weighted by Crippen LogP contribution is -2.30. The highest BCUT2D eigenvalue weighted by molar-refractivity contribution is 6.33. The highest BCUT2D eigenvalue weighted by Gasteiger charge is 2.21. The van der Waals surface area contributed by atoms with Gasteiger partial charge in [-0.1, -0.05) is 31.4 Å². The molecule has 0 aliphatic heterocycles. The molecule has 0 spiro atoms. The molecule has 4 heteroatoms. The summed E-state index contributed by atoms with van der Waals surface area (Å²) in [4.78, 5) is 10.8. The summed E-state index contributed by atoms with van der Waals surface area (Å²) in [5.41, 5.74) is 1.06. The molecular formula is C14H18ClNO2. The monoisotopic (exact) mass is 267 g/mol. The molecule has 0 bridgehead atoms. The normalized spacial score (nSPS) is 23.7. The Morgan fingerprint density at radius 2 is 2.11 bits per heavy atom. The molecule has 18 heavy (non-hydrogen) atoms. The van der Waals surface area contributed by atoms with Gasteiger partial charge in [-0.3, -0.25) is 0 Å². The Bertz CT molecular complexity index is 447. The number of carboxylic acids is 1. The Kier molecular flexibility index (Phi) is 4.12. The summed E-state index contributed by atoms with van der Waals surface area (Å²) in [6.07, 6.45) is 4.93. The van der Waals surface area contributed by atoms with Crippen molar-refractivity contribution in [3.63, 3.8) is 0 Å². The van der Waals surface area contributed by atoms with Gasteiger partial charge in [0.25, 0.3) is 0 Å². The molecule has 1 aromatic carbocycles. The van der Waals surface area contributed by atoms with Crippen LogP contribution in [-0.4, -0.2) is 17.1 Å². The highest BCUT2D eigenvalue weighted by Crippen LogP contribution is 2.30. The Morgan fingerprint density at radius 1 is 1.39 bits per heavy atom. The maximum Gasteiger partial charge on any atom is 0.335 e. The van der Waals surface area contributed by atoms with E-state index >= 15 is 0 Å². The van der Waals surface area contributed by atoms with Gasteiger partial charge in [0.15, 0.2) is 0 Å². The molecule has 1 aliphatic carbocycles. The molecule has 1 aliphatic rings. The fourth-order valence-electron chi connectivity index (χ4n) is 2.50. The van der Waals surface area contributed by atoms with E-state index in [9.17, 15) is 4.79 Å². The van der Waals surface area contributed by atoms with Crippen molar-refractivity contribution >= 4 is 23.3 Å². The van der Waals surface area contributed by atoms with E-state index in [1.165, 1.54) is 25.3 Å². The first kappa shape index (κ1) is 13.2. The number of benzene rings is 1. The maximum atomic E-state index is 10.8. The van der Waals surface area contributed by atoms with Crippen molar-refractivity contribution in [1.82, 2.24) is 0 Å². The molecule has 98 valence electrons. The van der Waals surface area contributed by atoms with Crippen LogP contribution < -0.4 is 5.32 Å². The number of nitrogens with one attached hydrogen (secondary N) is 1. The Hall–Kier alpha value is -1.22.